The van der Waals surface area contributed by atoms with Crippen LogP contribution in [-0.4, -0.2) is 27.1 Å². The van der Waals surface area contributed by atoms with Crippen LogP contribution in [0, 0.1) is 5.92 Å². The summed E-state index contributed by atoms with van der Waals surface area (Å²) in [6.07, 6.45) is -0.0812. The van der Waals surface area contributed by atoms with Crippen LogP contribution in [0.2, 0.25) is 0 Å². The fraction of sp³-hybridized carbons (Fsp3) is 0.562. The summed E-state index contributed by atoms with van der Waals surface area (Å²) >= 11 is 0. The number of nitrogens with zero attached hydrogens (tertiary/aromatic N) is 1. The molecule has 3 N–H and O–H groups in total. The number of aliphatic hydroxyl groups is 1. The lowest BCUT2D eigenvalue weighted by Gasteiger charge is -2.49. The molecule has 1 heterocycles. The standard InChI is InChI=1S/C16H24N2O2/c1-15(2)10-12(17-20)13(16(3,4)18-15)14(19)11-8-6-5-7-9-11/h5-9,13-14,18-20H,10H2,1-4H3/b17-12-/t13-,14+/m0/s1. The Labute approximate surface area is 120 Å². The lowest BCUT2D eigenvalue weighted by Crippen LogP contribution is -2.64. The second kappa shape index (κ2) is 5.19. The fourth-order valence-corrected chi connectivity index (χ4v) is 3.49. The van der Waals surface area contributed by atoms with Gasteiger partial charge in [0.25, 0.3) is 0 Å². The number of hydrogen-bond acceptors (Lipinski definition) is 4. The van der Waals surface area contributed by atoms with Crippen molar-refractivity contribution in [3.8, 4) is 0 Å². The Balaban J connectivity index is 2.38. The van der Waals surface area contributed by atoms with Gasteiger partial charge in [-0.3, -0.25) is 0 Å². The van der Waals surface area contributed by atoms with E-state index in [1.807, 2.05) is 44.2 Å². The first-order valence-corrected chi connectivity index (χ1v) is 7.00. The molecule has 1 aromatic rings. The van der Waals surface area contributed by atoms with E-state index < -0.39 is 6.10 Å². The molecule has 0 radical (unpaired) electrons. The van der Waals surface area contributed by atoms with Crippen molar-refractivity contribution in [1.82, 2.24) is 5.32 Å². The van der Waals surface area contributed by atoms with E-state index >= 15 is 0 Å². The summed E-state index contributed by atoms with van der Waals surface area (Å²) in [7, 11) is 0. The van der Waals surface area contributed by atoms with Crippen LogP contribution in [0.4, 0.5) is 0 Å². The first-order valence-electron chi connectivity index (χ1n) is 7.00. The second-order valence-electron chi connectivity index (χ2n) is 6.83. The van der Waals surface area contributed by atoms with Crippen LogP contribution < -0.4 is 5.32 Å². The summed E-state index contributed by atoms with van der Waals surface area (Å²) in [5.41, 5.74) is 0.972. The van der Waals surface area contributed by atoms with Gasteiger partial charge in [-0.25, -0.2) is 0 Å². The Morgan fingerprint density at radius 2 is 1.80 bits per heavy atom. The van der Waals surface area contributed by atoms with Crippen molar-refractivity contribution in [2.45, 2.75) is 51.3 Å². The van der Waals surface area contributed by atoms with Gasteiger partial charge >= 0.3 is 0 Å². The molecule has 1 aliphatic rings. The summed E-state index contributed by atoms with van der Waals surface area (Å²) in [5, 5.41) is 27.1. The molecule has 1 saturated heterocycles. The number of benzene rings is 1. The van der Waals surface area contributed by atoms with Crippen molar-refractivity contribution in [2.24, 2.45) is 11.1 Å². The van der Waals surface area contributed by atoms with E-state index in [4.69, 9.17) is 0 Å². The number of piperidine rings is 1. The quantitative estimate of drug-likeness (QED) is 0.575. The Kier molecular flexibility index (Phi) is 3.89. The van der Waals surface area contributed by atoms with Crippen molar-refractivity contribution < 1.29 is 10.3 Å². The maximum absolute atomic E-state index is 10.7. The first-order chi connectivity index (χ1) is 9.27. The molecule has 0 aromatic heterocycles. The van der Waals surface area contributed by atoms with E-state index in [1.165, 1.54) is 0 Å². The van der Waals surface area contributed by atoms with Gasteiger partial charge in [0.1, 0.15) is 0 Å². The molecule has 1 fully saturated rings. The Bertz CT molecular complexity index is 494. The summed E-state index contributed by atoms with van der Waals surface area (Å²) in [5.74, 6) is -0.261. The van der Waals surface area contributed by atoms with Crippen LogP contribution in [0.5, 0.6) is 0 Å². The molecule has 0 aliphatic carbocycles. The van der Waals surface area contributed by atoms with Gasteiger partial charge in [-0.2, -0.15) is 0 Å². The van der Waals surface area contributed by atoms with E-state index in [2.05, 4.69) is 24.3 Å². The molecule has 0 amide bonds. The van der Waals surface area contributed by atoms with E-state index in [-0.39, 0.29) is 17.0 Å². The maximum Gasteiger partial charge on any atom is 0.0889 e. The molecule has 1 aliphatic heterocycles. The minimum Gasteiger partial charge on any atom is -0.411 e. The van der Waals surface area contributed by atoms with Crippen LogP contribution in [-0.2, 0) is 0 Å². The van der Waals surface area contributed by atoms with Crippen LogP contribution in [0.15, 0.2) is 35.5 Å². The van der Waals surface area contributed by atoms with Crippen LogP contribution in [0.1, 0.15) is 45.8 Å². The molecule has 20 heavy (non-hydrogen) atoms. The number of hydrogen-bond donors (Lipinski definition) is 3. The van der Waals surface area contributed by atoms with Crippen molar-refractivity contribution in [3.63, 3.8) is 0 Å². The largest absolute Gasteiger partial charge is 0.411 e. The molecule has 0 bridgehead atoms. The highest BCUT2D eigenvalue weighted by Gasteiger charge is 2.47. The molecule has 0 unspecified atom stereocenters. The third-order valence-corrected chi connectivity index (χ3v) is 4.01. The van der Waals surface area contributed by atoms with Gasteiger partial charge in [0.05, 0.1) is 11.8 Å². The molecular weight excluding hydrogens is 252 g/mol. The number of oxime groups is 1. The molecule has 0 saturated carbocycles. The Hall–Kier alpha value is -1.39. The normalized spacial score (nSPS) is 28.2. The van der Waals surface area contributed by atoms with Gasteiger partial charge in [0.2, 0.25) is 0 Å². The second-order valence-corrected chi connectivity index (χ2v) is 6.83. The maximum atomic E-state index is 10.7. The average Bonchev–Trinajstić information content (AvgIpc) is 2.36. The van der Waals surface area contributed by atoms with Gasteiger partial charge in [-0.05, 0) is 33.3 Å². The highest BCUT2D eigenvalue weighted by Crippen LogP contribution is 2.39. The molecule has 2 atom stereocenters. The van der Waals surface area contributed by atoms with Gasteiger partial charge in [0.15, 0.2) is 0 Å². The highest BCUT2D eigenvalue weighted by atomic mass is 16.4. The number of nitrogens with one attached hydrogen (secondary N) is 1. The van der Waals surface area contributed by atoms with E-state index in [0.717, 1.165) is 5.56 Å². The molecular formula is C16H24N2O2. The van der Waals surface area contributed by atoms with Crippen LogP contribution in [0.3, 0.4) is 0 Å². The van der Waals surface area contributed by atoms with Gasteiger partial charge in [-0.1, -0.05) is 35.5 Å². The number of rotatable bonds is 2. The van der Waals surface area contributed by atoms with E-state index in [1.54, 1.807) is 0 Å². The molecule has 4 heteroatoms. The van der Waals surface area contributed by atoms with E-state index in [0.29, 0.717) is 12.1 Å². The van der Waals surface area contributed by atoms with E-state index in [9.17, 15) is 10.3 Å². The van der Waals surface area contributed by atoms with Crippen molar-refractivity contribution >= 4 is 5.71 Å². The zero-order valence-corrected chi connectivity index (χ0v) is 12.6. The zero-order valence-electron chi connectivity index (χ0n) is 12.6. The number of aliphatic hydroxyl groups excluding tert-OH is 1. The summed E-state index contributed by atoms with van der Waals surface area (Å²) in [6.45, 7) is 8.22. The van der Waals surface area contributed by atoms with Gasteiger partial charge < -0.3 is 15.6 Å². The molecule has 110 valence electrons. The molecule has 0 spiro atoms. The highest BCUT2D eigenvalue weighted by molar-refractivity contribution is 5.90. The van der Waals surface area contributed by atoms with Crippen molar-refractivity contribution in [2.75, 3.05) is 0 Å². The average molecular weight is 276 g/mol. The summed E-state index contributed by atoms with van der Waals surface area (Å²) in [4.78, 5) is 0. The zero-order chi connectivity index (χ0) is 15.0. The minimum atomic E-state index is -0.694. The monoisotopic (exact) mass is 276 g/mol. The van der Waals surface area contributed by atoms with Gasteiger partial charge in [0, 0.05) is 23.4 Å². The Morgan fingerprint density at radius 3 is 2.35 bits per heavy atom. The van der Waals surface area contributed by atoms with Gasteiger partial charge in [-0.15, -0.1) is 0 Å². The molecule has 2 rings (SSSR count). The fourth-order valence-electron chi connectivity index (χ4n) is 3.49. The SMILES string of the molecule is CC1(C)C/C(=N/O)[C@@H]([C@H](O)c2ccccc2)C(C)(C)N1. The van der Waals surface area contributed by atoms with Crippen molar-refractivity contribution in [1.29, 1.82) is 0 Å². The predicted octanol–water partition coefficient (Wildman–Crippen LogP) is 2.72. The smallest absolute Gasteiger partial charge is 0.0889 e. The minimum absolute atomic E-state index is 0.155. The predicted molar refractivity (Wildman–Crippen MR) is 80.0 cm³/mol. The third kappa shape index (κ3) is 2.86. The lowest BCUT2D eigenvalue weighted by molar-refractivity contribution is 0.0629. The summed E-state index contributed by atoms with van der Waals surface area (Å²) in [6, 6.07) is 9.53. The van der Waals surface area contributed by atoms with Crippen LogP contribution >= 0.6 is 0 Å². The Morgan fingerprint density at radius 1 is 1.20 bits per heavy atom. The first kappa shape index (κ1) is 15.0. The topological polar surface area (TPSA) is 64.9 Å². The molecule has 1 aromatic carbocycles. The molecule has 4 nitrogen and oxygen atoms in total. The lowest BCUT2D eigenvalue weighted by atomic mass is 9.69. The third-order valence-electron chi connectivity index (χ3n) is 4.01. The van der Waals surface area contributed by atoms with Crippen LogP contribution in [0.25, 0.3) is 0 Å². The van der Waals surface area contributed by atoms with Crippen molar-refractivity contribution in [3.05, 3.63) is 35.9 Å². The summed E-state index contributed by atoms with van der Waals surface area (Å²) < 4.78 is 0.